The molecular weight excluding hydrogens is 420 g/mol. The maximum atomic E-state index is 11.7. The fourth-order valence-electron chi connectivity index (χ4n) is 2.95. The van der Waals surface area contributed by atoms with Gasteiger partial charge in [-0.1, -0.05) is 29.8 Å². The van der Waals surface area contributed by atoms with Crippen molar-refractivity contribution in [2.75, 3.05) is 6.61 Å². The lowest BCUT2D eigenvalue weighted by molar-refractivity contribution is -0.385. The van der Waals surface area contributed by atoms with Gasteiger partial charge in [-0.05, 0) is 60.9 Å². The second-order valence-electron chi connectivity index (χ2n) is 6.60. The molecule has 0 saturated carbocycles. The third-order valence-corrected chi connectivity index (χ3v) is 4.83. The van der Waals surface area contributed by atoms with Crippen LogP contribution in [0.4, 0.5) is 11.4 Å². The summed E-state index contributed by atoms with van der Waals surface area (Å²) in [5.74, 6) is -0.904. The number of hydrogen-bond acceptors (Lipinski definition) is 6. The van der Waals surface area contributed by atoms with Crippen molar-refractivity contribution < 1.29 is 19.6 Å². The Kier molecular flexibility index (Phi) is 6.99. The monoisotopic (exact) mass is 438 g/mol. The van der Waals surface area contributed by atoms with Gasteiger partial charge in [-0.25, -0.2) is 4.79 Å². The highest BCUT2D eigenvalue weighted by atomic mass is 35.5. The van der Waals surface area contributed by atoms with Crippen LogP contribution in [-0.4, -0.2) is 28.8 Å². The van der Waals surface area contributed by atoms with E-state index in [9.17, 15) is 20.0 Å². The van der Waals surface area contributed by atoms with Crippen molar-refractivity contribution in [2.24, 2.45) is 4.99 Å². The van der Waals surface area contributed by atoms with Crippen LogP contribution in [0.2, 0.25) is 5.02 Å². The van der Waals surface area contributed by atoms with E-state index in [1.807, 2.05) is 12.1 Å². The van der Waals surface area contributed by atoms with Crippen LogP contribution in [0.25, 0.3) is 0 Å². The van der Waals surface area contributed by atoms with Crippen molar-refractivity contribution in [3.8, 4) is 5.75 Å². The summed E-state index contributed by atoms with van der Waals surface area (Å²) in [4.78, 5) is 26.8. The number of rotatable bonds is 7. The number of benzene rings is 3. The average Bonchev–Trinajstić information content (AvgIpc) is 2.75. The predicted molar refractivity (Wildman–Crippen MR) is 119 cm³/mol. The highest BCUT2D eigenvalue weighted by Crippen LogP contribution is 2.32. The van der Waals surface area contributed by atoms with Crippen LogP contribution in [0, 0.1) is 10.1 Å². The van der Waals surface area contributed by atoms with Crippen molar-refractivity contribution in [3.63, 3.8) is 0 Å². The van der Waals surface area contributed by atoms with Gasteiger partial charge in [0.15, 0.2) is 0 Å². The van der Waals surface area contributed by atoms with Crippen LogP contribution in [0.3, 0.4) is 0 Å². The number of hydrogen-bond donors (Lipinski definition) is 1. The zero-order valence-corrected chi connectivity index (χ0v) is 17.4. The van der Waals surface area contributed by atoms with Gasteiger partial charge < -0.3 is 9.84 Å². The number of phenols is 1. The molecule has 0 aromatic heterocycles. The van der Waals surface area contributed by atoms with Crippen molar-refractivity contribution in [2.45, 2.75) is 13.3 Å². The van der Waals surface area contributed by atoms with E-state index in [0.717, 1.165) is 5.56 Å². The Labute approximate surface area is 183 Å². The summed E-state index contributed by atoms with van der Waals surface area (Å²) in [7, 11) is 0. The summed E-state index contributed by atoms with van der Waals surface area (Å²) >= 11 is 6.20. The molecule has 0 saturated heterocycles. The molecule has 0 amide bonds. The SMILES string of the molecule is CCOC(=O)c1ccc(N=Cc2cc(Cc3ccccc3Cl)cc([N+](=O)[O-])c2O)cc1. The molecule has 31 heavy (non-hydrogen) atoms. The summed E-state index contributed by atoms with van der Waals surface area (Å²) in [6.45, 7) is 2.00. The highest BCUT2D eigenvalue weighted by Gasteiger charge is 2.19. The third-order valence-electron chi connectivity index (χ3n) is 4.46. The molecule has 7 nitrogen and oxygen atoms in total. The second kappa shape index (κ2) is 9.86. The Morgan fingerprint density at radius 2 is 1.90 bits per heavy atom. The number of ether oxygens (including phenoxy) is 1. The second-order valence-corrected chi connectivity index (χ2v) is 7.01. The molecule has 0 aliphatic rings. The van der Waals surface area contributed by atoms with E-state index in [1.165, 1.54) is 12.3 Å². The number of nitrogens with zero attached hydrogens (tertiary/aromatic N) is 2. The van der Waals surface area contributed by atoms with Gasteiger partial charge in [0.25, 0.3) is 0 Å². The minimum absolute atomic E-state index is 0.200. The lowest BCUT2D eigenvalue weighted by Crippen LogP contribution is -2.03. The molecule has 0 aliphatic heterocycles. The number of carbonyl (C=O) groups excluding carboxylic acids is 1. The van der Waals surface area contributed by atoms with Gasteiger partial charge in [0.1, 0.15) is 0 Å². The molecule has 0 heterocycles. The van der Waals surface area contributed by atoms with Crippen molar-refractivity contribution in [1.29, 1.82) is 0 Å². The Morgan fingerprint density at radius 1 is 1.19 bits per heavy atom. The molecule has 3 rings (SSSR count). The summed E-state index contributed by atoms with van der Waals surface area (Å²) < 4.78 is 4.94. The van der Waals surface area contributed by atoms with Gasteiger partial charge in [0.2, 0.25) is 5.75 Å². The van der Waals surface area contributed by atoms with Crippen molar-refractivity contribution >= 4 is 35.2 Å². The van der Waals surface area contributed by atoms with Gasteiger partial charge in [0.05, 0.1) is 22.8 Å². The normalized spacial score (nSPS) is 10.9. The summed E-state index contributed by atoms with van der Waals surface area (Å²) in [6.07, 6.45) is 1.70. The van der Waals surface area contributed by atoms with Gasteiger partial charge in [-0.2, -0.15) is 0 Å². The number of esters is 1. The molecule has 0 aliphatic carbocycles. The number of halogens is 1. The van der Waals surface area contributed by atoms with Gasteiger partial charge in [-0.15, -0.1) is 0 Å². The van der Waals surface area contributed by atoms with E-state index in [-0.39, 0.29) is 12.2 Å². The Balaban J connectivity index is 1.91. The number of carbonyl (C=O) groups is 1. The first kappa shape index (κ1) is 22.0. The zero-order chi connectivity index (χ0) is 22.4. The number of aliphatic imine (C=N–C) groups is 1. The molecular formula is C23H19ClN2O5. The van der Waals surface area contributed by atoms with Crippen molar-refractivity contribution in [1.82, 2.24) is 0 Å². The van der Waals surface area contributed by atoms with E-state index in [1.54, 1.807) is 49.4 Å². The van der Waals surface area contributed by atoms with Crippen molar-refractivity contribution in [3.05, 3.63) is 98.1 Å². The summed E-state index contributed by atoms with van der Waals surface area (Å²) in [5, 5.41) is 22.3. The fraction of sp³-hybridized carbons (Fsp3) is 0.130. The summed E-state index contributed by atoms with van der Waals surface area (Å²) in [6, 6.07) is 16.5. The van der Waals surface area contributed by atoms with E-state index in [0.29, 0.717) is 28.3 Å². The predicted octanol–water partition coefficient (Wildman–Crippen LogP) is 5.47. The van der Waals surface area contributed by atoms with Crippen LogP contribution in [0.15, 0.2) is 65.7 Å². The molecule has 0 spiro atoms. The smallest absolute Gasteiger partial charge is 0.338 e. The maximum absolute atomic E-state index is 11.7. The number of nitro benzene ring substituents is 1. The van der Waals surface area contributed by atoms with Crippen LogP contribution >= 0.6 is 11.6 Å². The van der Waals surface area contributed by atoms with E-state index >= 15 is 0 Å². The molecule has 0 atom stereocenters. The lowest BCUT2D eigenvalue weighted by atomic mass is 10.0. The largest absolute Gasteiger partial charge is 0.502 e. The van der Waals surface area contributed by atoms with E-state index in [2.05, 4.69) is 4.99 Å². The molecule has 0 radical (unpaired) electrons. The standard InChI is InChI=1S/C23H19ClN2O5/c1-2-31-23(28)16-7-9-19(10-8-16)25-14-18-12-15(13-21(22(18)27)26(29)30)11-17-5-3-4-6-20(17)24/h3-10,12-14,27H,2,11H2,1H3. The Bertz CT molecular complexity index is 1140. The van der Waals surface area contributed by atoms with Gasteiger partial charge >= 0.3 is 11.7 Å². The van der Waals surface area contributed by atoms with Gasteiger partial charge in [-0.3, -0.25) is 15.1 Å². The topological polar surface area (TPSA) is 102 Å². The molecule has 1 N–H and O–H groups in total. The number of nitro groups is 1. The number of phenolic OH excluding ortho intramolecular Hbond substituents is 1. The van der Waals surface area contributed by atoms with Crippen LogP contribution in [0.5, 0.6) is 5.75 Å². The molecule has 3 aromatic rings. The molecule has 8 heteroatoms. The average molecular weight is 439 g/mol. The highest BCUT2D eigenvalue weighted by molar-refractivity contribution is 6.31. The first-order chi connectivity index (χ1) is 14.9. The maximum Gasteiger partial charge on any atom is 0.338 e. The van der Waals surface area contributed by atoms with E-state index < -0.39 is 22.3 Å². The fourth-order valence-corrected chi connectivity index (χ4v) is 3.15. The Morgan fingerprint density at radius 3 is 2.55 bits per heavy atom. The minimum atomic E-state index is -0.642. The molecule has 3 aromatic carbocycles. The lowest BCUT2D eigenvalue weighted by Gasteiger charge is -2.08. The van der Waals surface area contributed by atoms with Crippen LogP contribution in [-0.2, 0) is 11.2 Å². The third kappa shape index (κ3) is 5.46. The minimum Gasteiger partial charge on any atom is -0.502 e. The Hall–Kier alpha value is -3.71. The van der Waals surface area contributed by atoms with E-state index in [4.69, 9.17) is 16.3 Å². The quantitative estimate of drug-likeness (QED) is 0.228. The molecule has 0 bridgehead atoms. The first-order valence-corrected chi connectivity index (χ1v) is 9.81. The molecule has 0 fully saturated rings. The van der Waals surface area contributed by atoms with Crippen LogP contribution < -0.4 is 0 Å². The number of aromatic hydroxyl groups is 1. The molecule has 0 unspecified atom stereocenters. The summed E-state index contributed by atoms with van der Waals surface area (Å²) in [5.41, 5.74) is 2.10. The van der Waals surface area contributed by atoms with Crippen LogP contribution in [0.1, 0.15) is 34.0 Å². The molecule has 158 valence electrons. The first-order valence-electron chi connectivity index (χ1n) is 9.44. The zero-order valence-electron chi connectivity index (χ0n) is 16.6. The van der Waals surface area contributed by atoms with Gasteiger partial charge in [0, 0.05) is 22.9 Å².